The first-order valence-electron chi connectivity index (χ1n) is 11.0. The molecule has 0 unspecified atom stereocenters. The van der Waals surface area contributed by atoms with E-state index in [1.807, 2.05) is 30.3 Å². The molecule has 1 aliphatic rings. The van der Waals surface area contributed by atoms with Gasteiger partial charge in [-0.05, 0) is 51.0 Å². The molecule has 0 bridgehead atoms. The minimum Gasteiger partial charge on any atom is -0.356 e. The van der Waals surface area contributed by atoms with Crippen LogP contribution in [-0.4, -0.2) is 29.4 Å². The van der Waals surface area contributed by atoms with Crippen molar-refractivity contribution in [3.8, 4) is 11.3 Å². The van der Waals surface area contributed by atoms with Gasteiger partial charge in [0.25, 0.3) is 10.0 Å². The Labute approximate surface area is 202 Å². The number of benzene rings is 2. The molecule has 1 aliphatic carbocycles. The molecule has 2 N–H and O–H groups in total. The number of carbonyl (C=O) groups excluding carboxylic acids is 1. The summed E-state index contributed by atoms with van der Waals surface area (Å²) in [6.07, 6.45) is 1.32. The molecule has 35 heavy (non-hydrogen) atoms. The van der Waals surface area contributed by atoms with Gasteiger partial charge in [-0.15, -0.1) is 0 Å². The second-order valence-corrected chi connectivity index (χ2v) is 10.2. The van der Waals surface area contributed by atoms with Crippen LogP contribution in [0.3, 0.4) is 0 Å². The molecule has 2 aromatic heterocycles. The Kier molecular flexibility index (Phi) is 5.60. The fraction of sp³-hybridized carbons (Fsp3) is 0.200. The monoisotopic (exact) mass is 489 g/mol. The zero-order chi connectivity index (χ0) is 24.6. The lowest BCUT2D eigenvalue weighted by atomic mass is 10.00. The van der Waals surface area contributed by atoms with Crippen LogP contribution in [0.1, 0.15) is 30.1 Å². The summed E-state index contributed by atoms with van der Waals surface area (Å²) in [5, 5.41) is 7.03. The smallest absolute Gasteiger partial charge is 0.263 e. The summed E-state index contributed by atoms with van der Waals surface area (Å²) in [6.45, 7) is 3.45. The molecule has 0 saturated heterocycles. The van der Waals surface area contributed by atoms with Crippen LogP contribution < -0.4 is 10.0 Å². The first-order valence-corrected chi connectivity index (χ1v) is 12.5. The molecule has 178 valence electrons. The van der Waals surface area contributed by atoms with E-state index in [1.54, 1.807) is 38.1 Å². The van der Waals surface area contributed by atoms with Crippen molar-refractivity contribution in [2.24, 2.45) is 0 Å². The summed E-state index contributed by atoms with van der Waals surface area (Å²) in [7, 11) is -3.85. The average Bonchev–Trinajstić information content (AvgIpc) is 3.48. The number of carbonyl (C=O) groups is 1. The number of anilines is 2. The van der Waals surface area contributed by atoms with Gasteiger partial charge in [-0.2, -0.15) is 0 Å². The Bertz CT molecular complexity index is 1470. The molecular weight excluding hydrogens is 466 g/mol. The third-order valence-electron chi connectivity index (χ3n) is 5.87. The van der Waals surface area contributed by atoms with Crippen molar-refractivity contribution >= 4 is 27.4 Å². The van der Waals surface area contributed by atoms with Gasteiger partial charge in [-0.1, -0.05) is 35.5 Å². The third kappa shape index (κ3) is 4.65. The fourth-order valence-corrected chi connectivity index (χ4v) is 4.89. The second kappa shape index (κ2) is 8.62. The standard InChI is InChI=1S/C25H23N5O4S/c1-16-14-23(27-17(2)26-16)30-35(32,33)20-10-8-19(9-11-20)28-24(31)25(12-13-25)22-15-21(34-29-22)18-6-4-3-5-7-18/h3-11,14-15H,12-13H2,1-2H3,(H,28,31)(H,26,27,30). The van der Waals surface area contributed by atoms with Crippen LogP contribution in [0.25, 0.3) is 11.3 Å². The molecule has 5 rings (SSSR count). The summed E-state index contributed by atoms with van der Waals surface area (Å²) in [6, 6.07) is 18.9. The molecule has 1 fully saturated rings. The quantitative estimate of drug-likeness (QED) is 0.398. The summed E-state index contributed by atoms with van der Waals surface area (Å²) >= 11 is 0. The third-order valence-corrected chi connectivity index (χ3v) is 7.24. The minimum absolute atomic E-state index is 0.0505. The van der Waals surface area contributed by atoms with Crippen molar-refractivity contribution < 1.29 is 17.7 Å². The number of hydrogen-bond acceptors (Lipinski definition) is 7. The topological polar surface area (TPSA) is 127 Å². The highest BCUT2D eigenvalue weighted by atomic mass is 32.2. The van der Waals surface area contributed by atoms with Gasteiger partial charge in [0, 0.05) is 29.1 Å². The molecular formula is C25H23N5O4S. The Hall–Kier alpha value is -4.05. The largest absolute Gasteiger partial charge is 0.356 e. The highest BCUT2D eigenvalue weighted by Gasteiger charge is 2.53. The second-order valence-electron chi connectivity index (χ2n) is 8.55. The average molecular weight is 490 g/mol. The van der Waals surface area contributed by atoms with E-state index in [1.165, 1.54) is 12.1 Å². The van der Waals surface area contributed by atoms with E-state index in [2.05, 4.69) is 25.2 Å². The predicted octanol–water partition coefficient (Wildman–Crippen LogP) is 4.22. The zero-order valence-corrected chi connectivity index (χ0v) is 20.0. The Morgan fingerprint density at radius 1 is 0.971 bits per heavy atom. The van der Waals surface area contributed by atoms with Gasteiger partial charge in [0.05, 0.1) is 16.0 Å². The number of aromatic nitrogens is 3. The summed E-state index contributed by atoms with van der Waals surface area (Å²) in [5.74, 6) is 1.07. The van der Waals surface area contributed by atoms with Crippen LogP contribution in [-0.2, 0) is 20.2 Å². The predicted molar refractivity (Wildman–Crippen MR) is 130 cm³/mol. The molecule has 0 aliphatic heterocycles. The number of hydrogen-bond donors (Lipinski definition) is 2. The van der Waals surface area contributed by atoms with Gasteiger partial charge < -0.3 is 9.84 Å². The van der Waals surface area contributed by atoms with Crippen LogP contribution in [0.15, 0.2) is 76.1 Å². The van der Waals surface area contributed by atoms with Gasteiger partial charge in [0.15, 0.2) is 5.76 Å². The molecule has 1 saturated carbocycles. The number of rotatable bonds is 7. The maximum absolute atomic E-state index is 13.1. The van der Waals surface area contributed by atoms with Crippen LogP contribution in [0, 0.1) is 13.8 Å². The molecule has 0 radical (unpaired) electrons. The van der Waals surface area contributed by atoms with E-state index < -0.39 is 15.4 Å². The van der Waals surface area contributed by atoms with Gasteiger partial charge in [0.1, 0.15) is 11.6 Å². The molecule has 2 aromatic carbocycles. The van der Waals surface area contributed by atoms with Crippen molar-refractivity contribution in [3.05, 3.63) is 83.9 Å². The number of nitrogens with zero attached hydrogens (tertiary/aromatic N) is 3. The van der Waals surface area contributed by atoms with Gasteiger partial charge in [-0.25, -0.2) is 18.4 Å². The summed E-state index contributed by atoms with van der Waals surface area (Å²) in [4.78, 5) is 21.4. The lowest BCUT2D eigenvalue weighted by Crippen LogP contribution is -2.28. The molecule has 10 heteroatoms. The van der Waals surface area contributed by atoms with Crippen molar-refractivity contribution in [2.75, 3.05) is 10.0 Å². The van der Waals surface area contributed by atoms with Crippen molar-refractivity contribution in [1.82, 2.24) is 15.1 Å². The van der Waals surface area contributed by atoms with E-state index in [9.17, 15) is 13.2 Å². The molecule has 1 amide bonds. The molecule has 2 heterocycles. The first-order chi connectivity index (χ1) is 16.7. The zero-order valence-electron chi connectivity index (χ0n) is 19.1. The normalized spacial score (nSPS) is 14.3. The summed E-state index contributed by atoms with van der Waals surface area (Å²) < 4.78 is 33.5. The minimum atomic E-state index is -3.85. The lowest BCUT2D eigenvalue weighted by molar-refractivity contribution is -0.118. The van der Waals surface area contributed by atoms with Crippen LogP contribution >= 0.6 is 0 Å². The lowest BCUT2D eigenvalue weighted by Gasteiger charge is -2.13. The molecule has 4 aromatic rings. The molecule has 0 atom stereocenters. The summed E-state index contributed by atoms with van der Waals surface area (Å²) in [5.41, 5.74) is 1.88. The first kappa shape index (κ1) is 22.7. The van der Waals surface area contributed by atoms with E-state index in [0.29, 0.717) is 41.5 Å². The highest BCUT2D eigenvalue weighted by Crippen LogP contribution is 2.49. The van der Waals surface area contributed by atoms with E-state index in [4.69, 9.17) is 4.52 Å². The number of nitrogens with one attached hydrogen (secondary N) is 2. The Morgan fingerprint density at radius 3 is 2.34 bits per heavy atom. The van der Waals surface area contributed by atoms with E-state index in [-0.39, 0.29) is 16.6 Å². The molecule has 0 spiro atoms. The van der Waals surface area contributed by atoms with E-state index in [0.717, 1.165) is 5.56 Å². The SMILES string of the molecule is Cc1cc(NS(=O)(=O)c2ccc(NC(=O)C3(c4cc(-c5ccccc5)on4)CC3)cc2)nc(C)n1. The number of aryl methyl sites for hydroxylation is 2. The van der Waals surface area contributed by atoms with Crippen molar-refractivity contribution in [3.63, 3.8) is 0 Å². The van der Waals surface area contributed by atoms with Crippen LogP contribution in [0.5, 0.6) is 0 Å². The van der Waals surface area contributed by atoms with Crippen LogP contribution in [0.2, 0.25) is 0 Å². The maximum atomic E-state index is 13.1. The molecule has 9 nitrogen and oxygen atoms in total. The van der Waals surface area contributed by atoms with E-state index >= 15 is 0 Å². The van der Waals surface area contributed by atoms with Gasteiger partial charge in [-0.3, -0.25) is 9.52 Å². The Balaban J connectivity index is 1.29. The van der Waals surface area contributed by atoms with Gasteiger partial charge >= 0.3 is 0 Å². The number of sulfonamides is 1. The van der Waals surface area contributed by atoms with Gasteiger partial charge in [0.2, 0.25) is 5.91 Å². The van der Waals surface area contributed by atoms with Crippen molar-refractivity contribution in [1.29, 1.82) is 0 Å². The maximum Gasteiger partial charge on any atom is 0.263 e. The fourth-order valence-electron chi connectivity index (χ4n) is 3.90. The highest BCUT2D eigenvalue weighted by molar-refractivity contribution is 7.92. The number of amides is 1. The van der Waals surface area contributed by atoms with Crippen LogP contribution in [0.4, 0.5) is 11.5 Å². The van der Waals surface area contributed by atoms with Crippen molar-refractivity contribution in [2.45, 2.75) is 37.0 Å². The Morgan fingerprint density at radius 2 is 1.69 bits per heavy atom.